The molecule has 1 fully saturated rings. The number of carbonyl (C=O) groups is 2. The Morgan fingerprint density at radius 2 is 1.56 bits per heavy atom. The van der Waals surface area contributed by atoms with E-state index in [1.54, 1.807) is 24.3 Å². The first-order valence-corrected chi connectivity index (χ1v) is 20.5. The van der Waals surface area contributed by atoms with Crippen LogP contribution in [0.15, 0.2) is 103 Å². The Kier molecular flexibility index (Phi) is 12.4. The lowest BCUT2D eigenvalue weighted by atomic mass is 9.90. The SMILES string of the molecule is N#Cc1ccc(-c2ccc(CC(NC(=O)[C@@H]3Cc4cc5c(cc4CN3CC3CCOCC3)O[C@@H](c3ccc(OCc4ccc(Cl)c(Cl)c4)cc3)CO5)C(=O)O)cc2)cc1. The van der Waals surface area contributed by atoms with Crippen LogP contribution in [0.3, 0.4) is 0 Å². The van der Waals surface area contributed by atoms with Crippen LogP contribution in [-0.4, -0.2) is 60.3 Å². The van der Waals surface area contributed by atoms with E-state index in [1.165, 1.54) is 0 Å². The maximum atomic E-state index is 14.2. The summed E-state index contributed by atoms with van der Waals surface area (Å²) in [4.78, 5) is 28.9. The van der Waals surface area contributed by atoms with Crippen LogP contribution in [0.1, 0.15) is 52.3 Å². The highest BCUT2D eigenvalue weighted by Gasteiger charge is 2.37. The largest absolute Gasteiger partial charge is 0.489 e. The lowest BCUT2D eigenvalue weighted by molar-refractivity contribution is -0.143. The zero-order valence-corrected chi connectivity index (χ0v) is 33.8. The normalized spacial score (nSPS) is 18.3. The topological polar surface area (TPSA) is 130 Å². The fraction of sp³-hybridized carbons (Fsp3) is 0.298. The zero-order chi connectivity index (χ0) is 40.9. The fourth-order valence-corrected chi connectivity index (χ4v) is 8.25. The number of aliphatic carboxylic acids is 1. The van der Waals surface area contributed by atoms with Crippen molar-refractivity contribution < 1.29 is 33.6 Å². The van der Waals surface area contributed by atoms with Crippen molar-refractivity contribution in [2.24, 2.45) is 5.92 Å². The number of hydrogen-bond donors (Lipinski definition) is 2. The highest BCUT2D eigenvalue weighted by molar-refractivity contribution is 6.42. The number of ether oxygens (including phenoxy) is 4. The Balaban J connectivity index is 0.946. The van der Waals surface area contributed by atoms with Crippen molar-refractivity contribution in [2.45, 2.75) is 57.0 Å². The van der Waals surface area contributed by atoms with Gasteiger partial charge in [-0.3, -0.25) is 9.69 Å². The predicted octanol–water partition coefficient (Wildman–Crippen LogP) is 8.59. The second kappa shape index (κ2) is 18.1. The summed E-state index contributed by atoms with van der Waals surface area (Å²) in [7, 11) is 0. The smallest absolute Gasteiger partial charge is 0.326 e. The molecule has 8 rings (SSSR count). The molecule has 5 aromatic carbocycles. The Labute approximate surface area is 353 Å². The van der Waals surface area contributed by atoms with Crippen LogP contribution in [0.5, 0.6) is 17.2 Å². The van der Waals surface area contributed by atoms with Crippen LogP contribution in [0.4, 0.5) is 0 Å². The van der Waals surface area contributed by atoms with Crippen LogP contribution < -0.4 is 19.5 Å². The highest BCUT2D eigenvalue weighted by atomic mass is 35.5. The summed E-state index contributed by atoms with van der Waals surface area (Å²) in [6.45, 7) is 3.22. The number of halogens is 2. The summed E-state index contributed by atoms with van der Waals surface area (Å²) in [6.07, 6.45) is 2.00. The lowest BCUT2D eigenvalue weighted by Gasteiger charge is -2.39. The summed E-state index contributed by atoms with van der Waals surface area (Å²) < 4.78 is 24.4. The number of fused-ring (bicyclic) bond motifs is 2. The van der Waals surface area contributed by atoms with Crippen molar-refractivity contribution >= 4 is 35.1 Å². The molecule has 0 saturated carbocycles. The maximum Gasteiger partial charge on any atom is 0.326 e. The van der Waals surface area contributed by atoms with Gasteiger partial charge in [0.05, 0.1) is 27.7 Å². The van der Waals surface area contributed by atoms with Gasteiger partial charge in [-0.25, -0.2) is 4.79 Å². The minimum Gasteiger partial charge on any atom is -0.489 e. The number of nitrogens with zero attached hydrogens (tertiary/aromatic N) is 2. The van der Waals surface area contributed by atoms with Crippen molar-refractivity contribution in [1.29, 1.82) is 5.26 Å². The minimum absolute atomic E-state index is 0.131. The van der Waals surface area contributed by atoms with E-state index in [1.807, 2.05) is 78.9 Å². The van der Waals surface area contributed by atoms with Gasteiger partial charge in [0.25, 0.3) is 0 Å². The molecule has 1 saturated heterocycles. The number of nitrogens with one attached hydrogen (secondary N) is 1. The molecule has 1 amide bonds. The average molecular weight is 833 g/mol. The van der Waals surface area contributed by atoms with Crippen molar-refractivity contribution in [1.82, 2.24) is 10.2 Å². The molecule has 0 aliphatic carbocycles. The molecule has 2 N–H and O–H groups in total. The molecule has 3 aliphatic rings. The van der Waals surface area contributed by atoms with E-state index >= 15 is 0 Å². The number of carbonyl (C=O) groups excluding carboxylic acids is 1. The van der Waals surface area contributed by atoms with Gasteiger partial charge in [-0.2, -0.15) is 5.26 Å². The molecule has 59 heavy (non-hydrogen) atoms. The van der Waals surface area contributed by atoms with E-state index in [9.17, 15) is 14.7 Å². The number of carboxylic acids is 1. The van der Waals surface area contributed by atoms with Crippen molar-refractivity contribution in [3.8, 4) is 34.4 Å². The predicted molar refractivity (Wildman–Crippen MR) is 224 cm³/mol. The number of rotatable bonds is 12. The van der Waals surface area contributed by atoms with Gasteiger partial charge in [0, 0.05) is 32.7 Å². The third-order valence-corrected chi connectivity index (χ3v) is 12.0. The third kappa shape index (κ3) is 9.67. The second-order valence-electron chi connectivity index (χ2n) is 15.3. The average Bonchev–Trinajstić information content (AvgIpc) is 3.26. The molecule has 3 aliphatic heterocycles. The van der Waals surface area contributed by atoms with Gasteiger partial charge in [-0.1, -0.05) is 77.8 Å². The Morgan fingerprint density at radius 1 is 0.864 bits per heavy atom. The number of hydrogen-bond acceptors (Lipinski definition) is 8. The molecule has 0 spiro atoms. The zero-order valence-electron chi connectivity index (χ0n) is 32.2. The molecule has 3 atom stereocenters. The van der Waals surface area contributed by atoms with Gasteiger partial charge in [0.15, 0.2) is 17.6 Å². The Hall–Kier alpha value is -5.57. The van der Waals surface area contributed by atoms with Crippen molar-refractivity contribution in [3.63, 3.8) is 0 Å². The van der Waals surface area contributed by atoms with Gasteiger partial charge in [-0.05, 0) is 113 Å². The maximum absolute atomic E-state index is 14.2. The summed E-state index contributed by atoms with van der Waals surface area (Å²) in [5, 5.41) is 23.3. The van der Waals surface area contributed by atoms with Gasteiger partial charge in [0.2, 0.25) is 5.91 Å². The first kappa shape index (κ1) is 40.2. The number of carboxylic acid groups (broad SMARTS) is 1. The first-order chi connectivity index (χ1) is 28.7. The first-order valence-electron chi connectivity index (χ1n) is 19.8. The molecule has 0 bridgehead atoms. The third-order valence-electron chi connectivity index (χ3n) is 11.3. The fourth-order valence-electron chi connectivity index (χ4n) is 7.93. The number of benzene rings is 5. The summed E-state index contributed by atoms with van der Waals surface area (Å²) >= 11 is 12.2. The molecule has 0 aromatic heterocycles. The Morgan fingerprint density at radius 3 is 2.25 bits per heavy atom. The van der Waals surface area contributed by atoms with E-state index in [2.05, 4.69) is 16.3 Å². The van der Waals surface area contributed by atoms with E-state index in [0.717, 1.165) is 51.8 Å². The van der Waals surface area contributed by atoms with Crippen LogP contribution >= 0.6 is 23.2 Å². The van der Waals surface area contributed by atoms with Crippen LogP contribution in [-0.2, 0) is 40.3 Å². The van der Waals surface area contributed by atoms with Crippen LogP contribution in [0.25, 0.3) is 11.1 Å². The monoisotopic (exact) mass is 831 g/mol. The minimum atomic E-state index is -1.12. The molecular weight excluding hydrogens is 789 g/mol. The van der Waals surface area contributed by atoms with Crippen molar-refractivity contribution in [3.05, 3.63) is 147 Å². The number of nitriles is 1. The lowest BCUT2D eigenvalue weighted by Crippen LogP contribution is -2.55. The van der Waals surface area contributed by atoms with Gasteiger partial charge in [-0.15, -0.1) is 0 Å². The van der Waals surface area contributed by atoms with Crippen molar-refractivity contribution in [2.75, 3.05) is 26.4 Å². The van der Waals surface area contributed by atoms with Crippen LogP contribution in [0, 0.1) is 17.2 Å². The Bertz CT molecular complexity index is 2340. The quantitative estimate of drug-likeness (QED) is 0.127. The molecule has 5 aromatic rings. The van der Waals surface area contributed by atoms with Gasteiger partial charge in [0.1, 0.15) is 25.0 Å². The van der Waals surface area contributed by atoms with E-state index < -0.39 is 18.1 Å². The van der Waals surface area contributed by atoms with Crippen LogP contribution in [0.2, 0.25) is 10.0 Å². The second-order valence-corrected chi connectivity index (χ2v) is 16.1. The summed E-state index contributed by atoms with van der Waals surface area (Å²) in [5.74, 6) is 0.906. The molecule has 0 radical (unpaired) electrons. The highest BCUT2D eigenvalue weighted by Crippen LogP contribution is 2.41. The molecule has 1 unspecified atom stereocenters. The van der Waals surface area contributed by atoms with Gasteiger partial charge >= 0.3 is 5.97 Å². The molecule has 10 nitrogen and oxygen atoms in total. The molecule has 302 valence electrons. The number of amides is 1. The molecular formula is C47H43Cl2N3O7. The standard InChI is InChI=1S/C47H43Cl2N3O7/c48-39-14-5-32(19-40(39)49)27-57-38-12-10-35(11-13-38)45-28-58-43-22-36-21-42(52(25-31-15-17-56-18-16-31)26-37(36)23-44(43)59-45)46(53)51-41(47(54)55)20-29-1-6-33(7-2-29)34-8-3-30(24-50)4-9-34/h1-14,19,22-23,31,41-42,45H,15-18,20-21,25-28H2,(H,51,53)(H,54,55)/t41?,42-,45+/m0/s1. The van der Waals surface area contributed by atoms with E-state index in [4.69, 9.17) is 47.4 Å². The van der Waals surface area contributed by atoms with E-state index in [-0.39, 0.29) is 18.4 Å². The van der Waals surface area contributed by atoms with E-state index in [0.29, 0.717) is 84.7 Å². The summed E-state index contributed by atoms with van der Waals surface area (Å²) in [6, 6.07) is 32.5. The molecule has 12 heteroatoms. The molecule has 3 heterocycles. The van der Waals surface area contributed by atoms with Gasteiger partial charge < -0.3 is 29.4 Å². The summed E-state index contributed by atoms with van der Waals surface area (Å²) in [5.41, 5.74) is 7.15.